The van der Waals surface area contributed by atoms with Crippen LogP contribution in [-0.4, -0.2) is 56.2 Å². The Morgan fingerprint density at radius 1 is 1.03 bits per heavy atom. The summed E-state index contributed by atoms with van der Waals surface area (Å²) in [7, 11) is 3.20. The second-order valence-corrected chi connectivity index (χ2v) is 8.90. The van der Waals surface area contributed by atoms with Crippen LogP contribution in [0.4, 0.5) is 5.13 Å². The minimum absolute atomic E-state index is 0.0922. The fourth-order valence-electron chi connectivity index (χ4n) is 3.77. The maximum absolute atomic E-state index is 13.3. The molecule has 1 amide bonds. The van der Waals surface area contributed by atoms with Crippen LogP contribution in [0.5, 0.6) is 11.5 Å². The number of aryl methyl sites for hydroxylation is 2. The summed E-state index contributed by atoms with van der Waals surface area (Å²) in [6, 6.07) is 9.85. The Bertz CT molecular complexity index is 1140. The van der Waals surface area contributed by atoms with Gasteiger partial charge in [-0.2, -0.15) is 0 Å². The maximum atomic E-state index is 13.3. The third-order valence-electron chi connectivity index (χ3n) is 5.68. The third-order valence-corrected chi connectivity index (χ3v) is 6.70. The normalized spacial score (nSPS) is 11.5. The number of nitrogens with zero attached hydrogens (tertiary/aromatic N) is 3. The smallest absolute Gasteiger partial charge is 0.252 e. The fourth-order valence-corrected chi connectivity index (χ4v) is 4.94. The molecule has 2 aromatic carbocycles. The van der Waals surface area contributed by atoms with E-state index >= 15 is 0 Å². The topological polar surface area (TPSA) is 54.9 Å². The van der Waals surface area contributed by atoms with Crippen molar-refractivity contribution in [1.29, 1.82) is 0 Å². The molecule has 0 saturated heterocycles. The quantitative estimate of drug-likeness (QED) is 0.378. The van der Waals surface area contributed by atoms with E-state index in [1.54, 1.807) is 42.6 Å². The second kappa shape index (κ2) is 11.3. The van der Waals surface area contributed by atoms with Crippen molar-refractivity contribution in [2.24, 2.45) is 0 Å². The molecule has 0 saturated carbocycles. The minimum Gasteiger partial charge on any atom is -0.493 e. The Balaban J connectivity index is 1.91. The van der Waals surface area contributed by atoms with Gasteiger partial charge >= 0.3 is 0 Å². The largest absolute Gasteiger partial charge is 0.493 e. The first-order valence-electron chi connectivity index (χ1n) is 11.2. The molecule has 0 aliphatic heterocycles. The number of fused-ring (bicyclic) bond motifs is 1. The van der Waals surface area contributed by atoms with Crippen LogP contribution < -0.4 is 14.4 Å². The Labute approximate surface area is 200 Å². The van der Waals surface area contributed by atoms with Gasteiger partial charge in [-0.3, -0.25) is 9.69 Å². The van der Waals surface area contributed by atoms with E-state index in [9.17, 15) is 4.79 Å². The molecule has 0 unspecified atom stereocenters. The molecule has 0 radical (unpaired) electrons. The summed E-state index contributed by atoms with van der Waals surface area (Å²) in [5, 5.41) is 0.729. The minimum atomic E-state index is -0.0922. The predicted octanol–water partition coefficient (Wildman–Crippen LogP) is 5.32. The lowest BCUT2D eigenvalue weighted by molar-refractivity contribution is -0.114. The average Bonchev–Trinajstić information content (AvgIpc) is 3.24. The summed E-state index contributed by atoms with van der Waals surface area (Å²) in [5.41, 5.74) is 4.15. The average molecular weight is 468 g/mol. The van der Waals surface area contributed by atoms with Crippen LogP contribution in [-0.2, 0) is 4.79 Å². The van der Waals surface area contributed by atoms with Crippen molar-refractivity contribution in [3.8, 4) is 11.5 Å². The van der Waals surface area contributed by atoms with Crippen molar-refractivity contribution >= 4 is 38.7 Å². The van der Waals surface area contributed by atoms with E-state index in [-0.39, 0.29) is 5.91 Å². The van der Waals surface area contributed by atoms with Crippen molar-refractivity contribution in [3.05, 3.63) is 53.1 Å². The van der Waals surface area contributed by atoms with Gasteiger partial charge in [-0.25, -0.2) is 4.98 Å². The molecule has 33 heavy (non-hydrogen) atoms. The molecule has 1 aromatic heterocycles. The molecule has 0 aliphatic carbocycles. The first kappa shape index (κ1) is 24.7. The van der Waals surface area contributed by atoms with Gasteiger partial charge in [0, 0.05) is 19.2 Å². The molecule has 0 aliphatic rings. The highest BCUT2D eigenvalue weighted by atomic mass is 32.1. The summed E-state index contributed by atoms with van der Waals surface area (Å²) >= 11 is 1.57. The highest BCUT2D eigenvalue weighted by Crippen LogP contribution is 2.32. The molecule has 3 rings (SSSR count). The number of rotatable bonds is 10. The number of hydrogen-bond acceptors (Lipinski definition) is 6. The van der Waals surface area contributed by atoms with Crippen molar-refractivity contribution in [1.82, 2.24) is 9.88 Å². The van der Waals surface area contributed by atoms with E-state index in [4.69, 9.17) is 14.5 Å². The highest BCUT2D eigenvalue weighted by Gasteiger charge is 2.19. The second-order valence-electron chi connectivity index (χ2n) is 7.89. The van der Waals surface area contributed by atoms with Gasteiger partial charge in [0.05, 0.1) is 24.4 Å². The highest BCUT2D eigenvalue weighted by molar-refractivity contribution is 7.22. The van der Waals surface area contributed by atoms with Crippen molar-refractivity contribution in [3.63, 3.8) is 0 Å². The number of carbonyl (C=O) groups excluding carboxylic acids is 1. The Morgan fingerprint density at radius 2 is 1.76 bits per heavy atom. The van der Waals surface area contributed by atoms with Gasteiger partial charge in [-0.05, 0) is 67.9 Å². The first-order valence-corrected chi connectivity index (χ1v) is 12.0. The van der Waals surface area contributed by atoms with E-state index in [1.807, 2.05) is 18.2 Å². The van der Waals surface area contributed by atoms with Gasteiger partial charge in [0.2, 0.25) is 0 Å². The number of aromatic nitrogens is 1. The third kappa shape index (κ3) is 5.92. The summed E-state index contributed by atoms with van der Waals surface area (Å²) < 4.78 is 11.8. The molecule has 0 atom stereocenters. The number of amides is 1. The number of anilines is 1. The van der Waals surface area contributed by atoms with Crippen LogP contribution in [0, 0.1) is 13.8 Å². The van der Waals surface area contributed by atoms with Gasteiger partial charge in [0.25, 0.3) is 5.91 Å². The van der Waals surface area contributed by atoms with Crippen LogP contribution in [0.25, 0.3) is 16.3 Å². The molecule has 0 N–H and O–H groups in total. The Morgan fingerprint density at radius 3 is 2.42 bits per heavy atom. The van der Waals surface area contributed by atoms with Gasteiger partial charge in [0.1, 0.15) is 0 Å². The zero-order chi connectivity index (χ0) is 24.0. The zero-order valence-corrected chi connectivity index (χ0v) is 21.2. The van der Waals surface area contributed by atoms with Gasteiger partial charge in [0.15, 0.2) is 16.6 Å². The van der Waals surface area contributed by atoms with E-state index in [0.29, 0.717) is 18.0 Å². The summed E-state index contributed by atoms with van der Waals surface area (Å²) in [4.78, 5) is 22.3. The summed E-state index contributed by atoms with van der Waals surface area (Å²) in [5.74, 6) is 1.19. The lowest BCUT2D eigenvalue weighted by Crippen LogP contribution is -2.38. The van der Waals surface area contributed by atoms with Crippen LogP contribution in [0.2, 0.25) is 0 Å². The molecule has 1 heterocycles. The van der Waals surface area contributed by atoms with Crippen molar-refractivity contribution in [2.45, 2.75) is 27.7 Å². The van der Waals surface area contributed by atoms with Gasteiger partial charge in [-0.1, -0.05) is 37.3 Å². The molecule has 176 valence electrons. The Kier molecular flexibility index (Phi) is 8.47. The molecule has 7 heteroatoms. The van der Waals surface area contributed by atoms with Crippen LogP contribution in [0.1, 0.15) is 30.5 Å². The number of likely N-dealkylation sites (N-methyl/N-ethyl adjacent to an activating group) is 1. The standard InChI is InChI=1S/C26H33N3O3S/c1-7-28(8-2)13-14-29(26-27-25-19(4)15-18(3)16-23(25)33-26)24(30)12-10-20-9-11-21(31-5)22(17-20)32-6/h9-12,15-17H,7-8,13-14H2,1-6H3/b12-10+. The lowest BCUT2D eigenvalue weighted by atomic mass is 10.1. The Hall–Kier alpha value is -2.90. The van der Waals surface area contributed by atoms with Crippen LogP contribution in [0.3, 0.4) is 0 Å². The first-order chi connectivity index (χ1) is 15.9. The number of hydrogen-bond donors (Lipinski definition) is 0. The number of thiazole rings is 1. The predicted molar refractivity (Wildman–Crippen MR) is 138 cm³/mol. The number of ether oxygens (including phenoxy) is 2. The lowest BCUT2D eigenvalue weighted by Gasteiger charge is -2.23. The van der Waals surface area contributed by atoms with Crippen LogP contribution in [0.15, 0.2) is 36.4 Å². The number of carbonyl (C=O) groups is 1. The molecular formula is C26H33N3O3S. The zero-order valence-electron chi connectivity index (χ0n) is 20.3. The van der Waals surface area contributed by atoms with Crippen molar-refractivity contribution in [2.75, 3.05) is 45.3 Å². The maximum Gasteiger partial charge on any atom is 0.252 e. The van der Waals surface area contributed by atoms with Crippen LogP contribution >= 0.6 is 11.3 Å². The molecule has 3 aromatic rings. The fraction of sp³-hybridized carbons (Fsp3) is 0.385. The van der Waals surface area contributed by atoms with E-state index in [1.165, 1.54) is 5.56 Å². The summed E-state index contributed by atoms with van der Waals surface area (Å²) in [6.45, 7) is 11.7. The van der Waals surface area contributed by atoms with Gasteiger partial charge in [-0.15, -0.1) is 0 Å². The molecular weight excluding hydrogens is 434 g/mol. The number of benzene rings is 2. The molecule has 0 spiro atoms. The van der Waals surface area contributed by atoms with E-state index < -0.39 is 0 Å². The number of methoxy groups -OCH3 is 2. The van der Waals surface area contributed by atoms with Crippen molar-refractivity contribution < 1.29 is 14.3 Å². The molecule has 0 fully saturated rings. The van der Waals surface area contributed by atoms with E-state index in [2.05, 4.69) is 44.7 Å². The van der Waals surface area contributed by atoms with Gasteiger partial charge < -0.3 is 14.4 Å². The monoisotopic (exact) mass is 467 g/mol. The molecule has 0 bridgehead atoms. The summed E-state index contributed by atoms with van der Waals surface area (Å²) in [6.07, 6.45) is 3.41. The van der Waals surface area contributed by atoms with E-state index in [0.717, 1.165) is 46.1 Å². The SMILES string of the molecule is CCN(CC)CCN(C(=O)/C=C/c1ccc(OC)c(OC)c1)c1nc2c(C)cc(C)cc2s1. The molecule has 6 nitrogen and oxygen atoms in total.